The summed E-state index contributed by atoms with van der Waals surface area (Å²) in [7, 11) is 1.64. The van der Waals surface area contributed by atoms with Gasteiger partial charge in [0.05, 0.1) is 24.5 Å². The first-order valence-corrected chi connectivity index (χ1v) is 10.1. The Labute approximate surface area is 173 Å². The van der Waals surface area contributed by atoms with E-state index >= 15 is 0 Å². The van der Waals surface area contributed by atoms with Crippen molar-refractivity contribution in [2.45, 2.75) is 13.0 Å². The molecule has 2 aromatic heterocycles. The van der Waals surface area contributed by atoms with Crippen LogP contribution in [0.3, 0.4) is 0 Å². The smallest absolute Gasteiger partial charge is 0.264 e. The second-order valence-electron chi connectivity index (χ2n) is 6.73. The van der Waals surface area contributed by atoms with Gasteiger partial charge in [0.15, 0.2) is 0 Å². The molecule has 5 nitrogen and oxygen atoms in total. The number of nitrogens with two attached hydrogens (primary N) is 1. The van der Waals surface area contributed by atoms with Crippen LogP contribution in [0, 0.1) is 0 Å². The van der Waals surface area contributed by atoms with Gasteiger partial charge in [0.25, 0.3) is 5.91 Å². The molecule has 1 amide bonds. The van der Waals surface area contributed by atoms with Crippen LogP contribution < -0.4 is 15.8 Å². The average molecular weight is 404 g/mol. The number of benzene rings is 2. The minimum atomic E-state index is -0.190. The maximum Gasteiger partial charge on any atom is 0.264 e. The molecule has 29 heavy (non-hydrogen) atoms. The summed E-state index contributed by atoms with van der Waals surface area (Å²) in [6, 6.07) is 21.3. The number of methoxy groups -OCH3 is 1. The highest BCUT2D eigenvalue weighted by Gasteiger charge is 2.19. The number of pyridine rings is 1. The Balaban J connectivity index is 1.64. The van der Waals surface area contributed by atoms with Crippen molar-refractivity contribution < 1.29 is 9.53 Å². The van der Waals surface area contributed by atoms with Crippen LogP contribution in [0.4, 0.5) is 5.69 Å². The van der Waals surface area contributed by atoms with Crippen molar-refractivity contribution in [1.29, 1.82) is 0 Å². The Kier molecular flexibility index (Phi) is 5.18. The second kappa shape index (κ2) is 7.93. The predicted octanol–water partition coefficient (Wildman–Crippen LogP) is 5.05. The summed E-state index contributed by atoms with van der Waals surface area (Å²) in [4.78, 5) is 18.8. The molecule has 0 aliphatic rings. The molecule has 0 saturated heterocycles. The van der Waals surface area contributed by atoms with Gasteiger partial charge in [-0.15, -0.1) is 11.3 Å². The first-order valence-electron chi connectivity index (χ1n) is 9.26. The third kappa shape index (κ3) is 3.79. The van der Waals surface area contributed by atoms with Gasteiger partial charge in [-0.05, 0) is 36.8 Å². The Morgan fingerprint density at radius 2 is 1.90 bits per heavy atom. The normalized spacial score (nSPS) is 11.9. The second-order valence-corrected chi connectivity index (χ2v) is 7.73. The van der Waals surface area contributed by atoms with E-state index in [9.17, 15) is 4.79 Å². The Morgan fingerprint density at radius 1 is 1.10 bits per heavy atom. The number of carbonyl (C=O) groups excluding carboxylic acids is 1. The third-order valence-corrected chi connectivity index (χ3v) is 5.93. The highest BCUT2D eigenvalue weighted by Crippen LogP contribution is 2.35. The van der Waals surface area contributed by atoms with E-state index in [1.54, 1.807) is 7.11 Å². The number of rotatable bonds is 5. The van der Waals surface area contributed by atoms with Crippen molar-refractivity contribution in [3.05, 3.63) is 77.2 Å². The molecule has 0 fully saturated rings. The summed E-state index contributed by atoms with van der Waals surface area (Å²) in [6.07, 6.45) is 0. The van der Waals surface area contributed by atoms with E-state index in [0.29, 0.717) is 10.6 Å². The Hall–Kier alpha value is -3.38. The summed E-state index contributed by atoms with van der Waals surface area (Å²) >= 11 is 1.31. The summed E-state index contributed by atoms with van der Waals surface area (Å²) < 4.78 is 5.29. The van der Waals surface area contributed by atoms with E-state index in [0.717, 1.165) is 32.8 Å². The molecule has 2 heterocycles. The van der Waals surface area contributed by atoms with E-state index in [1.807, 2.05) is 73.7 Å². The number of aromatic nitrogens is 1. The van der Waals surface area contributed by atoms with Crippen molar-refractivity contribution in [3.63, 3.8) is 0 Å². The van der Waals surface area contributed by atoms with Crippen molar-refractivity contribution in [1.82, 2.24) is 10.3 Å². The molecule has 0 unspecified atom stereocenters. The lowest BCUT2D eigenvalue weighted by Gasteiger charge is -2.13. The number of ether oxygens (including phenoxy) is 1. The molecule has 0 aliphatic carbocycles. The fourth-order valence-corrected chi connectivity index (χ4v) is 4.19. The summed E-state index contributed by atoms with van der Waals surface area (Å²) in [5.74, 6) is 0.579. The highest BCUT2D eigenvalue weighted by atomic mass is 32.1. The van der Waals surface area contributed by atoms with Gasteiger partial charge in [0.2, 0.25) is 0 Å². The van der Waals surface area contributed by atoms with E-state index in [2.05, 4.69) is 5.32 Å². The number of carbonyl (C=O) groups is 1. The zero-order valence-corrected chi connectivity index (χ0v) is 17.0. The standard InChI is InChI=1S/C23H21N3O2S/c1-14(15-7-4-3-5-8-15)25-22(27)21-20(24)18-11-12-19(26-23(18)29-21)16-9-6-10-17(13-16)28-2/h3-14H,24H2,1-2H3,(H,25,27)/t14-/m0/s1. The molecular formula is C23H21N3O2S. The first kappa shape index (κ1) is 19.0. The SMILES string of the molecule is COc1cccc(-c2ccc3c(N)c(C(=O)N[C@@H](C)c4ccccc4)sc3n2)c1. The lowest BCUT2D eigenvalue weighted by Crippen LogP contribution is -2.26. The van der Waals surface area contributed by atoms with Gasteiger partial charge in [-0.2, -0.15) is 0 Å². The molecule has 0 spiro atoms. The molecule has 0 bridgehead atoms. The zero-order chi connectivity index (χ0) is 20.4. The third-order valence-electron chi connectivity index (χ3n) is 4.81. The molecule has 0 aliphatic heterocycles. The fraction of sp³-hybridized carbons (Fsp3) is 0.130. The number of hydrogen-bond donors (Lipinski definition) is 2. The van der Waals surface area contributed by atoms with Gasteiger partial charge < -0.3 is 15.8 Å². The van der Waals surface area contributed by atoms with Gasteiger partial charge in [-0.25, -0.2) is 4.98 Å². The van der Waals surface area contributed by atoms with Crippen LogP contribution in [-0.2, 0) is 0 Å². The molecule has 3 N–H and O–H groups in total. The van der Waals surface area contributed by atoms with Crippen LogP contribution in [0.25, 0.3) is 21.5 Å². The summed E-state index contributed by atoms with van der Waals surface area (Å²) in [6.45, 7) is 1.95. The summed E-state index contributed by atoms with van der Waals surface area (Å²) in [5.41, 5.74) is 9.54. The number of fused-ring (bicyclic) bond motifs is 1. The van der Waals surface area contributed by atoms with Crippen molar-refractivity contribution in [2.75, 3.05) is 12.8 Å². The predicted molar refractivity (Wildman–Crippen MR) is 118 cm³/mol. The molecule has 146 valence electrons. The topological polar surface area (TPSA) is 77.2 Å². The van der Waals surface area contributed by atoms with Crippen LogP contribution in [0.15, 0.2) is 66.7 Å². The van der Waals surface area contributed by atoms with Crippen molar-refractivity contribution in [3.8, 4) is 17.0 Å². The number of hydrogen-bond acceptors (Lipinski definition) is 5. The number of nitrogen functional groups attached to an aromatic ring is 1. The van der Waals surface area contributed by atoms with Crippen molar-refractivity contribution in [2.24, 2.45) is 0 Å². The first-order chi connectivity index (χ1) is 14.1. The lowest BCUT2D eigenvalue weighted by molar-refractivity contribution is 0.0945. The van der Waals surface area contributed by atoms with Crippen LogP contribution >= 0.6 is 11.3 Å². The van der Waals surface area contributed by atoms with E-state index < -0.39 is 0 Å². The average Bonchev–Trinajstić information content (AvgIpc) is 3.10. The molecule has 0 radical (unpaired) electrons. The van der Waals surface area contributed by atoms with Crippen LogP contribution in [0.1, 0.15) is 28.2 Å². The van der Waals surface area contributed by atoms with Gasteiger partial charge >= 0.3 is 0 Å². The Morgan fingerprint density at radius 3 is 2.66 bits per heavy atom. The molecule has 1 atom stereocenters. The maximum atomic E-state index is 12.8. The molecular weight excluding hydrogens is 382 g/mol. The van der Waals surface area contributed by atoms with E-state index in [-0.39, 0.29) is 11.9 Å². The van der Waals surface area contributed by atoms with Crippen LogP contribution in [0.2, 0.25) is 0 Å². The number of anilines is 1. The van der Waals surface area contributed by atoms with Gasteiger partial charge in [-0.3, -0.25) is 4.79 Å². The zero-order valence-electron chi connectivity index (χ0n) is 16.2. The highest BCUT2D eigenvalue weighted by molar-refractivity contribution is 7.21. The number of thiophene rings is 1. The lowest BCUT2D eigenvalue weighted by atomic mass is 10.1. The summed E-state index contributed by atoms with van der Waals surface area (Å²) in [5, 5.41) is 3.81. The molecule has 0 saturated carbocycles. The van der Waals surface area contributed by atoms with Gasteiger partial charge in [0, 0.05) is 10.9 Å². The van der Waals surface area contributed by atoms with E-state index in [4.69, 9.17) is 15.5 Å². The van der Waals surface area contributed by atoms with Crippen LogP contribution in [-0.4, -0.2) is 18.0 Å². The molecule has 6 heteroatoms. The fourth-order valence-electron chi connectivity index (χ4n) is 3.20. The Bertz CT molecular complexity index is 1170. The van der Waals surface area contributed by atoms with Crippen molar-refractivity contribution >= 4 is 33.1 Å². The van der Waals surface area contributed by atoms with Gasteiger partial charge in [-0.1, -0.05) is 42.5 Å². The number of nitrogens with zero attached hydrogens (tertiary/aromatic N) is 1. The molecule has 4 rings (SSSR count). The van der Waals surface area contributed by atoms with Crippen LogP contribution in [0.5, 0.6) is 5.75 Å². The number of nitrogens with one attached hydrogen (secondary N) is 1. The molecule has 4 aromatic rings. The number of amides is 1. The minimum Gasteiger partial charge on any atom is -0.497 e. The van der Waals surface area contributed by atoms with E-state index in [1.165, 1.54) is 11.3 Å². The molecule has 2 aromatic carbocycles. The van der Waals surface area contributed by atoms with Gasteiger partial charge in [0.1, 0.15) is 15.5 Å². The monoisotopic (exact) mass is 403 g/mol. The minimum absolute atomic E-state index is 0.117. The maximum absolute atomic E-state index is 12.8. The largest absolute Gasteiger partial charge is 0.497 e. The quantitative estimate of drug-likeness (QED) is 0.489.